The fourth-order valence-corrected chi connectivity index (χ4v) is 1.62. The van der Waals surface area contributed by atoms with Gasteiger partial charge in [-0.15, -0.1) is 0 Å². The van der Waals surface area contributed by atoms with Crippen LogP contribution in [-0.2, 0) is 0 Å². The van der Waals surface area contributed by atoms with Crippen LogP contribution in [0.3, 0.4) is 0 Å². The van der Waals surface area contributed by atoms with Gasteiger partial charge in [0.15, 0.2) is 0 Å². The fraction of sp³-hybridized carbons (Fsp3) is 0. The van der Waals surface area contributed by atoms with Crippen LogP contribution in [0.1, 0.15) is 10.4 Å². The molecule has 0 amide bonds. The summed E-state index contributed by atoms with van der Waals surface area (Å²) in [5.41, 5.74) is 0.268. The van der Waals surface area contributed by atoms with Crippen LogP contribution in [0.4, 0.5) is 4.39 Å². The second kappa shape index (κ2) is 4.25. The summed E-state index contributed by atoms with van der Waals surface area (Å²) in [6, 6.07) is 9.58. The van der Waals surface area contributed by atoms with Crippen molar-refractivity contribution >= 4 is 5.97 Å². The van der Waals surface area contributed by atoms with E-state index in [9.17, 15) is 14.3 Å². The number of aromatic carboxylic acids is 1. The van der Waals surface area contributed by atoms with Gasteiger partial charge in [0.25, 0.3) is 0 Å². The first-order chi connectivity index (χ1) is 8.09. The van der Waals surface area contributed by atoms with Gasteiger partial charge in [-0.2, -0.15) is 0 Å². The second-order valence-corrected chi connectivity index (χ2v) is 3.51. The van der Waals surface area contributed by atoms with E-state index in [2.05, 4.69) is 0 Å². The van der Waals surface area contributed by atoms with Crippen molar-refractivity contribution in [2.45, 2.75) is 0 Å². The molecule has 17 heavy (non-hydrogen) atoms. The third-order valence-corrected chi connectivity index (χ3v) is 2.40. The van der Waals surface area contributed by atoms with Crippen LogP contribution in [0.2, 0.25) is 0 Å². The molecule has 0 spiro atoms. The van der Waals surface area contributed by atoms with Crippen LogP contribution < -0.4 is 0 Å². The van der Waals surface area contributed by atoms with Crippen molar-refractivity contribution in [2.75, 3.05) is 0 Å². The molecule has 3 nitrogen and oxygen atoms in total. The van der Waals surface area contributed by atoms with E-state index in [-0.39, 0.29) is 22.4 Å². The molecule has 0 radical (unpaired) electrons. The maximum absolute atomic E-state index is 13.6. The normalized spacial score (nSPS) is 10.2. The molecule has 2 aromatic carbocycles. The molecule has 0 aliphatic rings. The topological polar surface area (TPSA) is 57.5 Å². The standard InChI is InChI=1S/C13H9FO3/c14-12-4-2-1-3-9(12)11-7-8(15)5-6-10(11)13(16)17/h1-7,15H,(H,16,17). The summed E-state index contributed by atoms with van der Waals surface area (Å²) in [4.78, 5) is 11.0. The highest BCUT2D eigenvalue weighted by molar-refractivity contribution is 5.96. The minimum absolute atomic E-state index is 0.0482. The third kappa shape index (κ3) is 2.10. The average Bonchev–Trinajstić information content (AvgIpc) is 2.29. The zero-order valence-electron chi connectivity index (χ0n) is 8.72. The van der Waals surface area contributed by atoms with Crippen molar-refractivity contribution < 1.29 is 19.4 Å². The van der Waals surface area contributed by atoms with E-state index in [0.717, 1.165) is 0 Å². The number of benzene rings is 2. The molecule has 0 aromatic heterocycles. The van der Waals surface area contributed by atoms with Gasteiger partial charge in [-0.3, -0.25) is 0 Å². The number of phenolic OH excluding ortho intramolecular Hbond substituents is 1. The molecule has 0 fully saturated rings. The van der Waals surface area contributed by atoms with Gasteiger partial charge in [0, 0.05) is 11.1 Å². The van der Waals surface area contributed by atoms with Gasteiger partial charge in [0.1, 0.15) is 11.6 Å². The van der Waals surface area contributed by atoms with Crippen molar-refractivity contribution in [2.24, 2.45) is 0 Å². The minimum atomic E-state index is -1.16. The molecular weight excluding hydrogens is 223 g/mol. The first-order valence-electron chi connectivity index (χ1n) is 4.91. The number of carbonyl (C=O) groups is 1. The van der Waals surface area contributed by atoms with Crippen LogP contribution in [-0.4, -0.2) is 16.2 Å². The van der Waals surface area contributed by atoms with Crippen molar-refractivity contribution in [3.05, 3.63) is 53.8 Å². The smallest absolute Gasteiger partial charge is 0.336 e. The van der Waals surface area contributed by atoms with Crippen molar-refractivity contribution in [1.29, 1.82) is 0 Å². The molecule has 0 atom stereocenters. The van der Waals surface area contributed by atoms with Crippen LogP contribution in [0.25, 0.3) is 11.1 Å². The van der Waals surface area contributed by atoms with E-state index in [1.807, 2.05) is 0 Å². The average molecular weight is 232 g/mol. The molecule has 0 aliphatic heterocycles. The molecule has 0 aliphatic carbocycles. The van der Waals surface area contributed by atoms with E-state index in [1.54, 1.807) is 6.07 Å². The number of phenols is 1. The highest BCUT2D eigenvalue weighted by atomic mass is 19.1. The lowest BCUT2D eigenvalue weighted by molar-refractivity contribution is 0.0697. The van der Waals surface area contributed by atoms with Gasteiger partial charge in [-0.25, -0.2) is 9.18 Å². The van der Waals surface area contributed by atoms with Crippen LogP contribution in [0, 0.1) is 5.82 Å². The third-order valence-electron chi connectivity index (χ3n) is 2.40. The van der Waals surface area contributed by atoms with Crippen molar-refractivity contribution in [1.82, 2.24) is 0 Å². The molecule has 2 aromatic rings. The largest absolute Gasteiger partial charge is 0.508 e. The first-order valence-corrected chi connectivity index (χ1v) is 4.91. The molecule has 2 rings (SSSR count). The fourth-order valence-electron chi connectivity index (χ4n) is 1.62. The maximum atomic E-state index is 13.6. The summed E-state index contributed by atoms with van der Waals surface area (Å²) >= 11 is 0. The minimum Gasteiger partial charge on any atom is -0.508 e. The quantitative estimate of drug-likeness (QED) is 0.836. The van der Waals surface area contributed by atoms with Gasteiger partial charge in [-0.05, 0) is 24.3 Å². The number of hydrogen-bond donors (Lipinski definition) is 2. The van der Waals surface area contributed by atoms with Crippen molar-refractivity contribution in [3.8, 4) is 16.9 Å². The monoisotopic (exact) mass is 232 g/mol. The Kier molecular flexibility index (Phi) is 2.78. The highest BCUT2D eigenvalue weighted by Crippen LogP contribution is 2.29. The number of hydrogen-bond acceptors (Lipinski definition) is 2. The van der Waals surface area contributed by atoms with Crippen molar-refractivity contribution in [3.63, 3.8) is 0 Å². The van der Waals surface area contributed by atoms with E-state index in [1.165, 1.54) is 36.4 Å². The van der Waals surface area contributed by atoms with Gasteiger partial charge >= 0.3 is 5.97 Å². The summed E-state index contributed by atoms with van der Waals surface area (Å²) in [5, 5.41) is 18.4. The first kappa shape index (κ1) is 11.1. The molecule has 0 heterocycles. The van der Waals surface area contributed by atoms with E-state index in [0.29, 0.717) is 0 Å². The molecule has 0 saturated heterocycles. The molecule has 0 unspecified atom stereocenters. The van der Waals surface area contributed by atoms with E-state index < -0.39 is 11.8 Å². The number of carboxylic acids is 1. The Labute approximate surface area is 96.8 Å². The highest BCUT2D eigenvalue weighted by Gasteiger charge is 2.14. The van der Waals surface area contributed by atoms with Crippen LogP contribution in [0.5, 0.6) is 5.75 Å². The van der Waals surface area contributed by atoms with Gasteiger partial charge in [0.05, 0.1) is 5.56 Å². The lowest BCUT2D eigenvalue weighted by Crippen LogP contribution is -2.00. The summed E-state index contributed by atoms with van der Waals surface area (Å²) in [6.07, 6.45) is 0. The molecule has 0 bridgehead atoms. The second-order valence-electron chi connectivity index (χ2n) is 3.51. The Balaban J connectivity index is 2.70. The number of aromatic hydroxyl groups is 1. The molecule has 2 N–H and O–H groups in total. The Morgan fingerprint density at radius 2 is 1.76 bits per heavy atom. The molecular formula is C13H9FO3. The van der Waals surface area contributed by atoms with E-state index >= 15 is 0 Å². The SMILES string of the molecule is O=C(O)c1ccc(O)cc1-c1ccccc1F. The molecule has 0 saturated carbocycles. The predicted molar refractivity (Wildman–Crippen MR) is 60.5 cm³/mol. The van der Waals surface area contributed by atoms with Gasteiger partial charge < -0.3 is 10.2 Å². The number of halogens is 1. The number of carboxylic acid groups (broad SMARTS) is 1. The Hall–Kier alpha value is -2.36. The Morgan fingerprint density at radius 3 is 2.41 bits per heavy atom. The lowest BCUT2D eigenvalue weighted by Gasteiger charge is -2.07. The summed E-state index contributed by atoms with van der Waals surface area (Å²) in [6.45, 7) is 0. The predicted octanol–water partition coefficient (Wildman–Crippen LogP) is 2.90. The summed E-state index contributed by atoms with van der Waals surface area (Å²) < 4.78 is 13.6. The molecule has 4 heteroatoms. The Bertz CT molecular complexity index is 579. The maximum Gasteiger partial charge on any atom is 0.336 e. The zero-order chi connectivity index (χ0) is 12.4. The Morgan fingerprint density at radius 1 is 1.06 bits per heavy atom. The van der Waals surface area contributed by atoms with Gasteiger partial charge in [0.2, 0.25) is 0 Å². The molecule has 86 valence electrons. The summed E-state index contributed by atoms with van der Waals surface area (Å²) in [5.74, 6) is -1.79. The van der Waals surface area contributed by atoms with E-state index in [4.69, 9.17) is 5.11 Å². The van der Waals surface area contributed by atoms with Crippen LogP contribution in [0.15, 0.2) is 42.5 Å². The van der Waals surface area contributed by atoms with Crippen LogP contribution >= 0.6 is 0 Å². The zero-order valence-corrected chi connectivity index (χ0v) is 8.72. The number of rotatable bonds is 2. The summed E-state index contributed by atoms with van der Waals surface area (Å²) in [7, 11) is 0. The lowest BCUT2D eigenvalue weighted by atomic mass is 9.99. The van der Waals surface area contributed by atoms with Gasteiger partial charge in [-0.1, -0.05) is 18.2 Å².